The van der Waals surface area contributed by atoms with E-state index in [1.807, 2.05) is 11.7 Å². The Morgan fingerprint density at radius 3 is 2.76 bits per heavy atom. The highest BCUT2D eigenvalue weighted by Crippen LogP contribution is 2.33. The Balaban J connectivity index is 1.89. The zero-order valence-corrected chi connectivity index (χ0v) is 11.5. The molecule has 1 heterocycles. The summed E-state index contributed by atoms with van der Waals surface area (Å²) in [5, 5.41) is 8.10. The zero-order valence-electron chi connectivity index (χ0n) is 11.5. The fourth-order valence-corrected chi connectivity index (χ4v) is 3.18. The second kappa shape index (κ2) is 5.21. The van der Waals surface area contributed by atoms with Crippen LogP contribution in [0.15, 0.2) is 6.20 Å². The van der Waals surface area contributed by atoms with Crippen LogP contribution in [-0.2, 0) is 13.6 Å². The van der Waals surface area contributed by atoms with Gasteiger partial charge in [-0.25, -0.2) is 0 Å². The molecule has 17 heavy (non-hydrogen) atoms. The van der Waals surface area contributed by atoms with Gasteiger partial charge in [0.25, 0.3) is 0 Å². The minimum Gasteiger partial charge on any atom is -0.310 e. The van der Waals surface area contributed by atoms with Crippen molar-refractivity contribution in [2.75, 3.05) is 0 Å². The molecule has 3 nitrogen and oxygen atoms in total. The summed E-state index contributed by atoms with van der Waals surface area (Å²) in [7, 11) is 1.99. The molecule has 3 atom stereocenters. The zero-order chi connectivity index (χ0) is 12.4. The van der Waals surface area contributed by atoms with Gasteiger partial charge in [-0.05, 0) is 31.6 Å². The van der Waals surface area contributed by atoms with Crippen LogP contribution in [0.2, 0.25) is 0 Å². The molecular weight excluding hydrogens is 210 g/mol. The second-order valence-corrected chi connectivity index (χ2v) is 5.51. The normalized spacial score (nSPS) is 28.8. The first kappa shape index (κ1) is 12.6. The molecule has 1 aromatic heterocycles. The Kier molecular flexibility index (Phi) is 3.87. The number of hydrogen-bond donors (Lipinski definition) is 1. The topological polar surface area (TPSA) is 29.9 Å². The maximum Gasteiger partial charge on any atom is 0.0638 e. The van der Waals surface area contributed by atoms with Gasteiger partial charge in [0, 0.05) is 31.4 Å². The molecular formula is C14H25N3. The van der Waals surface area contributed by atoms with Crippen molar-refractivity contribution < 1.29 is 0 Å². The number of hydrogen-bond acceptors (Lipinski definition) is 2. The van der Waals surface area contributed by atoms with Crippen molar-refractivity contribution in [3.8, 4) is 0 Å². The largest absolute Gasteiger partial charge is 0.310 e. The average molecular weight is 235 g/mol. The van der Waals surface area contributed by atoms with Crippen molar-refractivity contribution in [1.29, 1.82) is 0 Å². The van der Waals surface area contributed by atoms with Crippen LogP contribution < -0.4 is 5.32 Å². The van der Waals surface area contributed by atoms with E-state index in [1.165, 1.54) is 24.8 Å². The van der Waals surface area contributed by atoms with E-state index in [2.05, 4.69) is 37.4 Å². The predicted octanol–water partition coefficient (Wildman–Crippen LogP) is 2.64. The second-order valence-electron chi connectivity index (χ2n) is 5.51. The number of nitrogens with zero attached hydrogens (tertiary/aromatic N) is 2. The van der Waals surface area contributed by atoms with E-state index in [0.717, 1.165) is 24.1 Å². The fraction of sp³-hybridized carbons (Fsp3) is 0.786. The summed E-state index contributed by atoms with van der Waals surface area (Å²) in [5.41, 5.74) is 2.48. The smallest absolute Gasteiger partial charge is 0.0638 e. The lowest BCUT2D eigenvalue weighted by atomic mass is 9.93. The van der Waals surface area contributed by atoms with Crippen LogP contribution in [0.25, 0.3) is 0 Å². The minimum absolute atomic E-state index is 0.694. The quantitative estimate of drug-likeness (QED) is 0.869. The van der Waals surface area contributed by atoms with Gasteiger partial charge in [-0.15, -0.1) is 0 Å². The van der Waals surface area contributed by atoms with Crippen LogP contribution in [0.1, 0.15) is 44.4 Å². The van der Waals surface area contributed by atoms with Gasteiger partial charge in [0.15, 0.2) is 0 Å². The van der Waals surface area contributed by atoms with Crippen LogP contribution >= 0.6 is 0 Å². The maximum atomic E-state index is 4.38. The van der Waals surface area contributed by atoms with E-state index in [-0.39, 0.29) is 0 Å². The lowest BCUT2D eigenvalue weighted by Gasteiger charge is -2.20. The van der Waals surface area contributed by atoms with Gasteiger partial charge in [-0.3, -0.25) is 4.68 Å². The summed E-state index contributed by atoms with van der Waals surface area (Å²) in [4.78, 5) is 0. The first-order valence-electron chi connectivity index (χ1n) is 6.84. The van der Waals surface area contributed by atoms with Crippen LogP contribution in [0.5, 0.6) is 0 Å². The van der Waals surface area contributed by atoms with Gasteiger partial charge in [0.05, 0.1) is 5.69 Å². The summed E-state index contributed by atoms with van der Waals surface area (Å²) in [6.07, 6.45) is 6.17. The van der Waals surface area contributed by atoms with E-state index in [1.54, 1.807) is 0 Å². The highest BCUT2D eigenvalue weighted by molar-refractivity contribution is 5.15. The molecule has 3 unspecified atom stereocenters. The summed E-state index contributed by atoms with van der Waals surface area (Å²) in [6, 6.07) is 0.694. The molecule has 1 N–H and O–H groups in total. The maximum absolute atomic E-state index is 4.38. The third-order valence-corrected chi connectivity index (χ3v) is 4.42. The van der Waals surface area contributed by atoms with Crippen LogP contribution in [-0.4, -0.2) is 15.8 Å². The van der Waals surface area contributed by atoms with Crippen molar-refractivity contribution in [2.24, 2.45) is 18.9 Å². The molecule has 0 radical (unpaired) electrons. The highest BCUT2D eigenvalue weighted by atomic mass is 15.2. The van der Waals surface area contributed by atoms with Gasteiger partial charge in [0.1, 0.15) is 0 Å². The van der Waals surface area contributed by atoms with Crippen molar-refractivity contribution in [3.63, 3.8) is 0 Å². The Morgan fingerprint density at radius 1 is 1.47 bits per heavy atom. The van der Waals surface area contributed by atoms with Crippen LogP contribution in [0.3, 0.4) is 0 Å². The van der Waals surface area contributed by atoms with Crippen LogP contribution in [0, 0.1) is 18.8 Å². The molecule has 0 spiro atoms. The van der Waals surface area contributed by atoms with Gasteiger partial charge in [0.2, 0.25) is 0 Å². The van der Waals surface area contributed by atoms with E-state index in [9.17, 15) is 0 Å². The number of nitrogens with one attached hydrogen (secondary N) is 1. The molecule has 1 fully saturated rings. The predicted molar refractivity (Wildman–Crippen MR) is 70.8 cm³/mol. The van der Waals surface area contributed by atoms with Crippen molar-refractivity contribution >= 4 is 0 Å². The molecule has 1 aromatic rings. The first-order valence-corrected chi connectivity index (χ1v) is 6.84. The summed E-state index contributed by atoms with van der Waals surface area (Å²) in [6.45, 7) is 7.76. The molecule has 1 saturated carbocycles. The van der Waals surface area contributed by atoms with Gasteiger partial charge >= 0.3 is 0 Å². The minimum atomic E-state index is 0.694. The molecule has 1 aliphatic carbocycles. The number of aromatic nitrogens is 2. The Hall–Kier alpha value is -0.830. The van der Waals surface area contributed by atoms with E-state index in [0.29, 0.717) is 6.04 Å². The van der Waals surface area contributed by atoms with Crippen molar-refractivity contribution in [2.45, 2.75) is 52.6 Å². The highest BCUT2D eigenvalue weighted by Gasteiger charge is 2.30. The van der Waals surface area contributed by atoms with Gasteiger partial charge in [-0.1, -0.05) is 20.3 Å². The molecule has 0 bridgehead atoms. The molecule has 96 valence electrons. The molecule has 2 rings (SSSR count). The van der Waals surface area contributed by atoms with E-state index < -0.39 is 0 Å². The van der Waals surface area contributed by atoms with E-state index >= 15 is 0 Å². The SMILES string of the molecule is CCC1CCC(NCc2cn(C)nc2C)C1C. The Labute approximate surface area is 105 Å². The fourth-order valence-electron chi connectivity index (χ4n) is 3.18. The van der Waals surface area contributed by atoms with Crippen molar-refractivity contribution in [1.82, 2.24) is 15.1 Å². The number of aryl methyl sites for hydroxylation is 2. The molecule has 0 amide bonds. The lowest BCUT2D eigenvalue weighted by molar-refractivity contribution is 0.344. The summed E-state index contributed by atoms with van der Waals surface area (Å²) in [5.74, 6) is 1.74. The lowest BCUT2D eigenvalue weighted by Crippen LogP contribution is -2.32. The first-order chi connectivity index (χ1) is 8.11. The third-order valence-electron chi connectivity index (χ3n) is 4.42. The van der Waals surface area contributed by atoms with Crippen molar-refractivity contribution in [3.05, 3.63) is 17.5 Å². The molecule has 0 aliphatic heterocycles. The van der Waals surface area contributed by atoms with Gasteiger partial charge < -0.3 is 5.32 Å². The molecule has 3 heteroatoms. The molecule has 1 aliphatic rings. The monoisotopic (exact) mass is 235 g/mol. The Morgan fingerprint density at radius 2 is 2.24 bits per heavy atom. The standard InChI is InChI=1S/C14H25N3/c1-5-12-6-7-14(10(12)2)15-8-13-9-17(4)16-11(13)3/h9-10,12,14-15H,5-8H2,1-4H3. The average Bonchev–Trinajstić information content (AvgIpc) is 2.79. The number of rotatable bonds is 4. The summed E-state index contributed by atoms with van der Waals surface area (Å²) < 4.78 is 1.90. The summed E-state index contributed by atoms with van der Waals surface area (Å²) >= 11 is 0. The van der Waals surface area contributed by atoms with E-state index in [4.69, 9.17) is 0 Å². The Bertz CT molecular complexity index is 370. The van der Waals surface area contributed by atoms with Gasteiger partial charge in [-0.2, -0.15) is 5.10 Å². The molecule has 0 saturated heterocycles. The van der Waals surface area contributed by atoms with Crippen LogP contribution in [0.4, 0.5) is 0 Å². The third kappa shape index (κ3) is 2.71. The molecule has 0 aromatic carbocycles.